The second-order valence-corrected chi connectivity index (χ2v) is 6.74. The Labute approximate surface area is 161 Å². The summed E-state index contributed by atoms with van der Waals surface area (Å²) in [5.41, 5.74) is 2.91. The zero-order valence-electron chi connectivity index (χ0n) is 14.4. The molecular formula is C19H16Cl2N2O3. The highest BCUT2D eigenvalue weighted by Crippen LogP contribution is 2.33. The molecule has 0 aromatic heterocycles. The van der Waals surface area contributed by atoms with E-state index in [9.17, 15) is 9.59 Å². The number of ether oxygens (including phenoxy) is 1. The summed E-state index contributed by atoms with van der Waals surface area (Å²) >= 11 is 12.2. The third-order valence-electron chi connectivity index (χ3n) is 3.91. The van der Waals surface area contributed by atoms with Crippen molar-refractivity contribution >= 4 is 46.4 Å². The van der Waals surface area contributed by atoms with E-state index in [4.69, 9.17) is 27.9 Å². The molecule has 0 spiro atoms. The maximum absolute atomic E-state index is 12.8. The van der Waals surface area contributed by atoms with Gasteiger partial charge in [0.05, 0.1) is 17.8 Å². The molecular weight excluding hydrogens is 375 g/mol. The van der Waals surface area contributed by atoms with Crippen LogP contribution in [0.15, 0.2) is 47.1 Å². The lowest BCUT2D eigenvalue weighted by Crippen LogP contribution is -2.32. The summed E-state index contributed by atoms with van der Waals surface area (Å²) in [5, 5.41) is 3.09. The molecule has 0 bridgehead atoms. The number of amides is 2. The number of nitrogens with one attached hydrogen (secondary N) is 1. The Morgan fingerprint density at radius 1 is 0.962 bits per heavy atom. The molecule has 7 heteroatoms. The third kappa shape index (κ3) is 3.28. The van der Waals surface area contributed by atoms with E-state index >= 15 is 0 Å². The van der Waals surface area contributed by atoms with Crippen LogP contribution >= 0.6 is 23.2 Å². The zero-order valence-corrected chi connectivity index (χ0v) is 15.9. The summed E-state index contributed by atoms with van der Waals surface area (Å²) in [6.07, 6.45) is 0. The van der Waals surface area contributed by atoms with Gasteiger partial charge in [0.1, 0.15) is 16.5 Å². The van der Waals surface area contributed by atoms with E-state index in [1.807, 2.05) is 19.9 Å². The molecule has 0 aliphatic carbocycles. The first-order valence-corrected chi connectivity index (χ1v) is 8.55. The first-order valence-electron chi connectivity index (χ1n) is 7.79. The average Bonchev–Trinajstić information content (AvgIpc) is 2.78. The molecule has 26 heavy (non-hydrogen) atoms. The Morgan fingerprint density at radius 2 is 1.62 bits per heavy atom. The van der Waals surface area contributed by atoms with Gasteiger partial charge >= 0.3 is 0 Å². The molecule has 0 radical (unpaired) electrons. The molecule has 0 atom stereocenters. The SMILES string of the molecule is COc1ccc(NC2=C(Cl)C(=O)N(c3cc(C)cc(C)c3)C2=O)cc1Cl. The summed E-state index contributed by atoms with van der Waals surface area (Å²) in [4.78, 5) is 26.4. The lowest BCUT2D eigenvalue weighted by atomic mass is 10.1. The molecule has 0 fully saturated rings. The topological polar surface area (TPSA) is 58.6 Å². The summed E-state index contributed by atoms with van der Waals surface area (Å²) in [6.45, 7) is 3.80. The van der Waals surface area contributed by atoms with Crippen molar-refractivity contribution in [1.82, 2.24) is 0 Å². The van der Waals surface area contributed by atoms with Crippen LogP contribution in [0.2, 0.25) is 5.02 Å². The minimum absolute atomic E-state index is 0.0112. The fourth-order valence-electron chi connectivity index (χ4n) is 2.81. The Kier molecular flexibility index (Phi) is 4.94. The normalized spacial score (nSPS) is 14.3. The predicted octanol–water partition coefficient (Wildman–Crippen LogP) is 4.40. The minimum atomic E-state index is -0.566. The molecule has 134 valence electrons. The third-order valence-corrected chi connectivity index (χ3v) is 4.56. The summed E-state index contributed by atoms with van der Waals surface area (Å²) in [6, 6.07) is 10.4. The van der Waals surface area contributed by atoms with Crippen LogP contribution in [0.4, 0.5) is 11.4 Å². The lowest BCUT2D eigenvalue weighted by Gasteiger charge is -2.16. The zero-order chi connectivity index (χ0) is 19.0. The van der Waals surface area contributed by atoms with Crippen LogP contribution < -0.4 is 15.0 Å². The van der Waals surface area contributed by atoms with Crippen LogP contribution in [0, 0.1) is 13.8 Å². The van der Waals surface area contributed by atoms with Crippen molar-refractivity contribution in [3.05, 3.63) is 63.3 Å². The Bertz CT molecular complexity index is 934. The number of hydrogen-bond donors (Lipinski definition) is 1. The van der Waals surface area contributed by atoms with Gasteiger partial charge in [0.15, 0.2) is 0 Å². The molecule has 5 nitrogen and oxygen atoms in total. The fourth-order valence-corrected chi connectivity index (χ4v) is 3.28. The monoisotopic (exact) mass is 390 g/mol. The van der Waals surface area contributed by atoms with E-state index in [-0.39, 0.29) is 10.7 Å². The number of anilines is 2. The van der Waals surface area contributed by atoms with Crippen molar-refractivity contribution in [2.75, 3.05) is 17.3 Å². The van der Waals surface area contributed by atoms with Gasteiger partial charge in [-0.25, -0.2) is 4.90 Å². The molecule has 2 aromatic carbocycles. The van der Waals surface area contributed by atoms with Crippen LogP contribution in [-0.2, 0) is 9.59 Å². The fraction of sp³-hybridized carbons (Fsp3) is 0.158. The summed E-state index contributed by atoms with van der Waals surface area (Å²) in [7, 11) is 1.51. The number of aryl methyl sites for hydroxylation is 2. The molecule has 3 rings (SSSR count). The largest absolute Gasteiger partial charge is 0.495 e. The molecule has 2 aromatic rings. The lowest BCUT2D eigenvalue weighted by molar-refractivity contribution is -0.120. The van der Waals surface area contributed by atoms with Crippen molar-refractivity contribution < 1.29 is 14.3 Å². The van der Waals surface area contributed by atoms with Gasteiger partial charge in [-0.15, -0.1) is 0 Å². The summed E-state index contributed by atoms with van der Waals surface area (Å²) < 4.78 is 5.10. The number of hydrogen-bond acceptors (Lipinski definition) is 4. The molecule has 0 saturated carbocycles. The van der Waals surface area contributed by atoms with Crippen molar-refractivity contribution in [3.8, 4) is 5.75 Å². The maximum atomic E-state index is 12.8. The quantitative estimate of drug-likeness (QED) is 0.785. The molecule has 1 aliphatic heterocycles. The van der Waals surface area contributed by atoms with Crippen LogP contribution in [0.1, 0.15) is 11.1 Å². The second kappa shape index (κ2) is 7.02. The van der Waals surface area contributed by atoms with E-state index in [1.54, 1.807) is 30.3 Å². The highest BCUT2D eigenvalue weighted by Gasteiger charge is 2.39. The van der Waals surface area contributed by atoms with Gasteiger partial charge in [-0.2, -0.15) is 0 Å². The number of carbonyl (C=O) groups is 2. The number of carbonyl (C=O) groups excluding carboxylic acids is 2. The molecule has 0 saturated heterocycles. The van der Waals surface area contributed by atoms with E-state index in [0.717, 1.165) is 16.0 Å². The van der Waals surface area contributed by atoms with Crippen molar-refractivity contribution in [3.63, 3.8) is 0 Å². The minimum Gasteiger partial charge on any atom is -0.495 e. The van der Waals surface area contributed by atoms with Gasteiger partial charge in [-0.3, -0.25) is 9.59 Å². The maximum Gasteiger partial charge on any atom is 0.283 e. The molecule has 0 unspecified atom stereocenters. The Hall–Kier alpha value is -2.50. The van der Waals surface area contributed by atoms with Crippen molar-refractivity contribution in [2.24, 2.45) is 0 Å². The van der Waals surface area contributed by atoms with Gasteiger partial charge < -0.3 is 10.1 Å². The number of halogens is 2. The highest BCUT2D eigenvalue weighted by molar-refractivity contribution is 6.53. The van der Waals surface area contributed by atoms with Crippen molar-refractivity contribution in [1.29, 1.82) is 0 Å². The standard InChI is InChI=1S/C19H16Cl2N2O3/c1-10-6-11(2)8-13(7-10)23-18(24)16(21)17(19(23)25)22-12-4-5-15(26-3)14(20)9-12/h4-9,22H,1-3H3. The van der Waals surface area contributed by atoms with Crippen LogP contribution in [0.5, 0.6) is 5.75 Å². The number of methoxy groups -OCH3 is 1. The molecule has 1 heterocycles. The van der Waals surface area contributed by atoms with Crippen LogP contribution in [0.25, 0.3) is 0 Å². The smallest absolute Gasteiger partial charge is 0.283 e. The molecule has 1 N–H and O–H groups in total. The van der Waals surface area contributed by atoms with E-state index in [2.05, 4.69) is 5.32 Å². The number of benzene rings is 2. The van der Waals surface area contributed by atoms with Gasteiger partial charge in [0.25, 0.3) is 11.8 Å². The van der Waals surface area contributed by atoms with Gasteiger partial charge in [-0.1, -0.05) is 29.3 Å². The average molecular weight is 391 g/mol. The predicted molar refractivity (Wildman–Crippen MR) is 103 cm³/mol. The van der Waals surface area contributed by atoms with Crippen LogP contribution in [-0.4, -0.2) is 18.9 Å². The molecule has 2 amide bonds. The number of nitrogens with zero attached hydrogens (tertiary/aromatic N) is 1. The molecule has 1 aliphatic rings. The van der Waals surface area contributed by atoms with E-state index < -0.39 is 11.8 Å². The van der Waals surface area contributed by atoms with Gasteiger partial charge in [0, 0.05) is 5.69 Å². The second-order valence-electron chi connectivity index (χ2n) is 5.95. The number of imide groups is 1. The Morgan fingerprint density at radius 3 is 2.19 bits per heavy atom. The van der Waals surface area contributed by atoms with Crippen molar-refractivity contribution in [2.45, 2.75) is 13.8 Å². The first-order chi connectivity index (χ1) is 12.3. The van der Waals surface area contributed by atoms with Gasteiger partial charge in [-0.05, 0) is 55.3 Å². The van der Waals surface area contributed by atoms with Gasteiger partial charge in [0.2, 0.25) is 0 Å². The first kappa shape index (κ1) is 18.3. The van der Waals surface area contributed by atoms with E-state index in [1.165, 1.54) is 7.11 Å². The highest BCUT2D eigenvalue weighted by atomic mass is 35.5. The number of rotatable bonds is 4. The summed E-state index contributed by atoms with van der Waals surface area (Å²) in [5.74, 6) is -0.580. The van der Waals surface area contributed by atoms with Crippen LogP contribution in [0.3, 0.4) is 0 Å². The Balaban J connectivity index is 1.93. The van der Waals surface area contributed by atoms with E-state index in [0.29, 0.717) is 22.1 Å².